The van der Waals surface area contributed by atoms with Gasteiger partial charge in [-0.1, -0.05) is 36.4 Å². The fourth-order valence-corrected chi connectivity index (χ4v) is 2.67. The van der Waals surface area contributed by atoms with Gasteiger partial charge in [0, 0.05) is 12.2 Å². The first-order chi connectivity index (χ1) is 13.2. The number of benzene rings is 2. The maximum absolute atomic E-state index is 12.3. The number of para-hydroxylation sites is 2. The average Bonchev–Trinajstić information content (AvgIpc) is 2.70. The van der Waals surface area contributed by atoms with E-state index in [2.05, 4.69) is 20.6 Å². The number of carbonyl (C=O) groups is 1. The van der Waals surface area contributed by atoms with Crippen LogP contribution >= 0.6 is 0 Å². The van der Waals surface area contributed by atoms with Crippen LogP contribution in [0.1, 0.15) is 21.6 Å². The molecule has 1 heterocycles. The lowest BCUT2D eigenvalue weighted by Crippen LogP contribution is -2.15. The van der Waals surface area contributed by atoms with Crippen LogP contribution in [-0.4, -0.2) is 29.5 Å². The van der Waals surface area contributed by atoms with Crippen LogP contribution in [0.3, 0.4) is 0 Å². The molecule has 1 amide bonds. The minimum atomic E-state index is -0.280. The molecule has 0 bridgehead atoms. The molecule has 6 nitrogen and oxygen atoms in total. The minimum absolute atomic E-state index is 0.272. The van der Waals surface area contributed by atoms with Crippen LogP contribution in [0.15, 0.2) is 60.9 Å². The number of nitrogens with one attached hydrogen (secondary N) is 2. The summed E-state index contributed by atoms with van der Waals surface area (Å²) in [5.74, 6) is 1.21. The fraction of sp³-hybridized carbons (Fsp3) is 0.190. The average molecular weight is 362 g/mol. The number of anilines is 2. The van der Waals surface area contributed by atoms with Gasteiger partial charge in [-0.05, 0) is 36.6 Å². The van der Waals surface area contributed by atoms with Gasteiger partial charge in [0.25, 0.3) is 5.91 Å². The molecule has 27 heavy (non-hydrogen) atoms. The molecule has 0 atom stereocenters. The molecule has 0 aliphatic rings. The van der Waals surface area contributed by atoms with Crippen molar-refractivity contribution in [3.05, 3.63) is 77.7 Å². The lowest BCUT2D eigenvalue weighted by atomic mass is 10.1. The van der Waals surface area contributed by atoms with Crippen molar-refractivity contribution in [3.63, 3.8) is 0 Å². The highest BCUT2D eigenvalue weighted by Crippen LogP contribution is 2.18. The quantitative estimate of drug-likeness (QED) is 0.670. The van der Waals surface area contributed by atoms with E-state index in [9.17, 15) is 4.79 Å². The Morgan fingerprint density at radius 1 is 1.04 bits per heavy atom. The van der Waals surface area contributed by atoms with Crippen molar-refractivity contribution in [1.82, 2.24) is 9.97 Å². The van der Waals surface area contributed by atoms with E-state index < -0.39 is 0 Å². The molecule has 0 unspecified atom stereocenters. The molecule has 0 saturated heterocycles. The van der Waals surface area contributed by atoms with E-state index in [1.54, 1.807) is 13.3 Å². The molecule has 2 N–H and O–H groups in total. The number of nitrogens with zero attached hydrogens (tertiary/aromatic N) is 2. The molecule has 0 fully saturated rings. The molecule has 0 spiro atoms. The van der Waals surface area contributed by atoms with Crippen LogP contribution in [0.4, 0.5) is 11.5 Å². The van der Waals surface area contributed by atoms with Gasteiger partial charge >= 0.3 is 0 Å². The number of methoxy groups -OCH3 is 1. The first-order valence-corrected chi connectivity index (χ1v) is 8.72. The van der Waals surface area contributed by atoms with E-state index in [-0.39, 0.29) is 11.6 Å². The first-order valence-electron chi connectivity index (χ1n) is 8.72. The second kappa shape index (κ2) is 8.80. The number of amides is 1. The zero-order chi connectivity index (χ0) is 19.1. The van der Waals surface area contributed by atoms with Crippen LogP contribution in [0.5, 0.6) is 5.75 Å². The predicted octanol–water partition coefficient (Wildman–Crippen LogP) is 3.70. The van der Waals surface area contributed by atoms with Crippen molar-refractivity contribution in [2.24, 2.45) is 0 Å². The van der Waals surface area contributed by atoms with Crippen molar-refractivity contribution >= 4 is 17.4 Å². The Labute approximate surface area is 158 Å². The first kappa shape index (κ1) is 18.4. The number of hydrogen-bond acceptors (Lipinski definition) is 5. The SMILES string of the molecule is COc1ccccc1CCNc1cnc(C(=O)Nc2ccccc2C)cn1. The monoisotopic (exact) mass is 362 g/mol. The highest BCUT2D eigenvalue weighted by molar-refractivity contribution is 6.03. The van der Waals surface area contributed by atoms with E-state index in [0.717, 1.165) is 29.0 Å². The Kier molecular flexibility index (Phi) is 5.99. The minimum Gasteiger partial charge on any atom is -0.496 e. The van der Waals surface area contributed by atoms with Crippen LogP contribution in [0.2, 0.25) is 0 Å². The maximum atomic E-state index is 12.3. The molecule has 6 heteroatoms. The summed E-state index contributed by atoms with van der Waals surface area (Å²) < 4.78 is 5.35. The number of carbonyl (C=O) groups excluding carboxylic acids is 1. The lowest BCUT2D eigenvalue weighted by Gasteiger charge is -2.10. The largest absolute Gasteiger partial charge is 0.496 e. The van der Waals surface area contributed by atoms with Crippen molar-refractivity contribution in [2.45, 2.75) is 13.3 Å². The Morgan fingerprint density at radius 3 is 2.56 bits per heavy atom. The summed E-state index contributed by atoms with van der Waals surface area (Å²) in [6.45, 7) is 2.62. The maximum Gasteiger partial charge on any atom is 0.275 e. The molecule has 138 valence electrons. The van der Waals surface area contributed by atoms with E-state index >= 15 is 0 Å². The van der Waals surface area contributed by atoms with Crippen LogP contribution < -0.4 is 15.4 Å². The third kappa shape index (κ3) is 4.82. The Hall–Kier alpha value is -3.41. The molecule has 0 aliphatic heterocycles. The van der Waals surface area contributed by atoms with Gasteiger partial charge in [0.15, 0.2) is 0 Å². The van der Waals surface area contributed by atoms with Crippen molar-refractivity contribution in [3.8, 4) is 5.75 Å². The van der Waals surface area contributed by atoms with Gasteiger partial charge in [0.1, 0.15) is 17.3 Å². The van der Waals surface area contributed by atoms with E-state index in [1.165, 1.54) is 6.20 Å². The van der Waals surface area contributed by atoms with Crippen molar-refractivity contribution < 1.29 is 9.53 Å². The van der Waals surface area contributed by atoms with Crippen LogP contribution in [0.25, 0.3) is 0 Å². The van der Waals surface area contributed by atoms with E-state index in [0.29, 0.717) is 12.4 Å². The topological polar surface area (TPSA) is 76.1 Å². The van der Waals surface area contributed by atoms with Crippen LogP contribution in [0, 0.1) is 6.92 Å². The van der Waals surface area contributed by atoms with Gasteiger partial charge in [0.05, 0.1) is 19.5 Å². The summed E-state index contributed by atoms with van der Waals surface area (Å²) >= 11 is 0. The highest BCUT2D eigenvalue weighted by Gasteiger charge is 2.10. The molecule has 1 aromatic heterocycles. The van der Waals surface area contributed by atoms with E-state index in [1.807, 2.05) is 55.5 Å². The lowest BCUT2D eigenvalue weighted by molar-refractivity contribution is 0.102. The molecule has 0 saturated carbocycles. The summed E-state index contributed by atoms with van der Waals surface area (Å²) in [4.78, 5) is 20.8. The summed E-state index contributed by atoms with van der Waals surface area (Å²) in [5, 5.41) is 6.06. The number of aryl methyl sites for hydroxylation is 1. The third-order valence-electron chi connectivity index (χ3n) is 4.17. The van der Waals surface area contributed by atoms with Gasteiger partial charge in [-0.25, -0.2) is 9.97 Å². The summed E-state index contributed by atoms with van der Waals surface area (Å²) in [6.07, 6.45) is 3.83. The molecular formula is C21H22N4O2. The van der Waals surface area contributed by atoms with Gasteiger partial charge in [-0.2, -0.15) is 0 Å². The van der Waals surface area contributed by atoms with E-state index in [4.69, 9.17) is 4.74 Å². The standard InChI is InChI=1S/C21H22N4O2/c1-15-7-3-5-9-17(15)25-21(26)18-13-24-20(14-23-18)22-12-11-16-8-4-6-10-19(16)27-2/h3-10,13-14H,11-12H2,1-2H3,(H,22,24)(H,25,26). The molecule has 0 aliphatic carbocycles. The molecular weight excluding hydrogens is 340 g/mol. The van der Waals surface area contributed by atoms with Crippen molar-refractivity contribution in [1.29, 1.82) is 0 Å². The number of aromatic nitrogens is 2. The zero-order valence-electron chi connectivity index (χ0n) is 15.4. The summed E-state index contributed by atoms with van der Waals surface area (Å²) in [6, 6.07) is 15.5. The van der Waals surface area contributed by atoms with Crippen molar-refractivity contribution in [2.75, 3.05) is 24.3 Å². The smallest absolute Gasteiger partial charge is 0.275 e. The van der Waals surface area contributed by atoms with Crippen LogP contribution in [-0.2, 0) is 6.42 Å². The molecule has 3 aromatic rings. The second-order valence-corrected chi connectivity index (χ2v) is 6.04. The summed E-state index contributed by atoms with van der Waals surface area (Å²) in [5.41, 5.74) is 3.15. The van der Waals surface area contributed by atoms with Gasteiger partial charge in [0.2, 0.25) is 0 Å². The zero-order valence-corrected chi connectivity index (χ0v) is 15.4. The Bertz CT molecular complexity index is 910. The fourth-order valence-electron chi connectivity index (χ4n) is 2.67. The normalized spacial score (nSPS) is 10.3. The van der Waals surface area contributed by atoms with Gasteiger partial charge in [-0.3, -0.25) is 4.79 Å². The molecule has 3 rings (SSSR count). The Balaban J connectivity index is 1.55. The Morgan fingerprint density at radius 2 is 1.81 bits per heavy atom. The number of rotatable bonds is 7. The number of ether oxygens (including phenoxy) is 1. The van der Waals surface area contributed by atoms with Gasteiger partial charge < -0.3 is 15.4 Å². The number of hydrogen-bond donors (Lipinski definition) is 2. The molecule has 2 aromatic carbocycles. The predicted molar refractivity (Wildman–Crippen MR) is 106 cm³/mol. The van der Waals surface area contributed by atoms with Gasteiger partial charge in [-0.15, -0.1) is 0 Å². The second-order valence-electron chi connectivity index (χ2n) is 6.04. The molecule has 0 radical (unpaired) electrons. The third-order valence-corrected chi connectivity index (χ3v) is 4.17. The highest BCUT2D eigenvalue weighted by atomic mass is 16.5. The summed E-state index contributed by atoms with van der Waals surface area (Å²) in [7, 11) is 1.67.